The van der Waals surface area contributed by atoms with Crippen LogP contribution in [0, 0.1) is 0 Å². The smallest absolute Gasteiger partial charge is 0.408 e. The Kier molecular flexibility index (Phi) is 10.8. The van der Waals surface area contributed by atoms with Crippen LogP contribution in [0.1, 0.15) is 24.5 Å². The van der Waals surface area contributed by atoms with Gasteiger partial charge in [-0.3, -0.25) is 9.59 Å². The summed E-state index contributed by atoms with van der Waals surface area (Å²) in [6, 6.07) is 16.1. The minimum absolute atomic E-state index is 0.0175. The van der Waals surface area contributed by atoms with E-state index in [9.17, 15) is 19.2 Å². The molecule has 9 nitrogen and oxygen atoms in total. The molecule has 0 bridgehead atoms. The van der Waals surface area contributed by atoms with Crippen molar-refractivity contribution < 1.29 is 28.7 Å². The number of ether oxygens (including phenoxy) is 2. The average molecular weight is 468 g/mol. The lowest BCUT2D eigenvalue weighted by Crippen LogP contribution is -2.53. The number of carbonyl (C=O) groups excluding carboxylic acids is 4. The van der Waals surface area contributed by atoms with Crippen molar-refractivity contribution >= 4 is 23.9 Å². The van der Waals surface area contributed by atoms with E-state index in [1.807, 2.05) is 60.7 Å². The molecule has 2 rings (SSSR count). The summed E-state index contributed by atoms with van der Waals surface area (Å²) in [5, 5.41) is 5.09. The van der Waals surface area contributed by atoms with Crippen LogP contribution in [-0.4, -0.2) is 42.6 Å². The highest BCUT2D eigenvalue weighted by molar-refractivity contribution is 5.91. The Labute approximate surface area is 198 Å². The number of hydrogen-bond donors (Lipinski definition) is 3. The molecule has 0 unspecified atom stereocenters. The molecule has 0 aliphatic heterocycles. The second kappa shape index (κ2) is 14.1. The van der Waals surface area contributed by atoms with Gasteiger partial charge in [0, 0.05) is 12.5 Å². The zero-order valence-electron chi connectivity index (χ0n) is 18.9. The highest BCUT2D eigenvalue weighted by Crippen LogP contribution is 2.06. The lowest BCUT2D eigenvalue weighted by atomic mass is 10.0. The predicted octanol–water partition coefficient (Wildman–Crippen LogP) is 2.00. The standard InChI is InChI=1S/C25H29N3O6/c1-2-33-22(29)15-9-14-20(23(26)30)27-24(31)21(16-18-10-5-3-6-11-18)28-25(32)34-17-19-12-7-4-8-13-19/h3-13,15,20-21H,2,14,16-17H2,1H3,(H2,26,30)(H,27,31)(H,28,32)/b15-9+/t20-,21-/m1/s1. The van der Waals surface area contributed by atoms with Gasteiger partial charge in [0.2, 0.25) is 11.8 Å². The van der Waals surface area contributed by atoms with Gasteiger partial charge in [-0.25, -0.2) is 9.59 Å². The van der Waals surface area contributed by atoms with Crippen molar-refractivity contribution in [3.63, 3.8) is 0 Å². The van der Waals surface area contributed by atoms with Crippen molar-refractivity contribution in [2.75, 3.05) is 6.61 Å². The van der Waals surface area contributed by atoms with E-state index in [0.717, 1.165) is 17.2 Å². The summed E-state index contributed by atoms with van der Waals surface area (Å²) in [6.07, 6.45) is 1.92. The Morgan fingerprint density at radius 2 is 1.50 bits per heavy atom. The number of alkyl carbamates (subject to hydrolysis) is 1. The largest absolute Gasteiger partial charge is 0.463 e. The van der Waals surface area contributed by atoms with Crippen LogP contribution in [0.15, 0.2) is 72.8 Å². The lowest BCUT2D eigenvalue weighted by Gasteiger charge is -2.21. The number of carbonyl (C=O) groups is 4. The lowest BCUT2D eigenvalue weighted by molar-refractivity contribution is -0.137. The van der Waals surface area contributed by atoms with Crippen LogP contribution in [0.4, 0.5) is 4.79 Å². The molecule has 0 heterocycles. The van der Waals surface area contributed by atoms with Gasteiger partial charge >= 0.3 is 12.1 Å². The molecule has 0 saturated heterocycles. The molecular formula is C25H29N3O6. The van der Waals surface area contributed by atoms with Gasteiger partial charge < -0.3 is 25.8 Å². The molecule has 4 N–H and O–H groups in total. The van der Waals surface area contributed by atoms with E-state index in [-0.39, 0.29) is 26.1 Å². The molecule has 3 amide bonds. The molecule has 2 atom stereocenters. The number of nitrogens with one attached hydrogen (secondary N) is 2. The third-order valence-electron chi connectivity index (χ3n) is 4.68. The van der Waals surface area contributed by atoms with Gasteiger partial charge in [-0.15, -0.1) is 0 Å². The number of rotatable bonds is 12. The first kappa shape index (κ1) is 26.1. The Balaban J connectivity index is 2.05. The quantitative estimate of drug-likeness (QED) is 0.323. The number of amides is 3. The van der Waals surface area contributed by atoms with E-state index in [2.05, 4.69) is 10.6 Å². The van der Waals surface area contributed by atoms with Crippen LogP contribution in [0.5, 0.6) is 0 Å². The van der Waals surface area contributed by atoms with Crippen LogP contribution in [0.3, 0.4) is 0 Å². The number of nitrogens with two attached hydrogens (primary N) is 1. The number of primary amides is 1. The Morgan fingerprint density at radius 3 is 2.09 bits per heavy atom. The first-order valence-electron chi connectivity index (χ1n) is 10.8. The molecule has 2 aromatic rings. The van der Waals surface area contributed by atoms with Crippen LogP contribution in [0.25, 0.3) is 0 Å². The molecular weight excluding hydrogens is 438 g/mol. The summed E-state index contributed by atoms with van der Waals surface area (Å²) in [4.78, 5) is 48.6. The van der Waals surface area contributed by atoms with Crippen LogP contribution < -0.4 is 16.4 Å². The topological polar surface area (TPSA) is 137 Å². The van der Waals surface area contributed by atoms with Crippen molar-refractivity contribution in [3.05, 3.63) is 83.9 Å². The number of esters is 1. The van der Waals surface area contributed by atoms with Crippen molar-refractivity contribution in [2.24, 2.45) is 5.73 Å². The predicted molar refractivity (Wildman–Crippen MR) is 125 cm³/mol. The fraction of sp³-hybridized carbons (Fsp3) is 0.280. The third kappa shape index (κ3) is 9.56. The van der Waals surface area contributed by atoms with Crippen LogP contribution >= 0.6 is 0 Å². The molecule has 9 heteroatoms. The average Bonchev–Trinajstić information content (AvgIpc) is 2.83. The Hall–Kier alpha value is -4.14. The van der Waals surface area contributed by atoms with Crippen molar-refractivity contribution in [1.29, 1.82) is 0 Å². The van der Waals surface area contributed by atoms with Gasteiger partial charge in [0.1, 0.15) is 18.7 Å². The SMILES string of the molecule is CCOC(=O)/C=C/C[C@@H](NC(=O)[C@@H](Cc1ccccc1)NC(=O)OCc1ccccc1)C(N)=O. The minimum atomic E-state index is -1.08. The van der Waals surface area contributed by atoms with Gasteiger partial charge in [-0.1, -0.05) is 66.7 Å². The fourth-order valence-corrected chi connectivity index (χ4v) is 2.98. The summed E-state index contributed by atoms with van der Waals surface area (Å²) in [5.74, 6) is -1.97. The molecule has 0 spiro atoms. The van der Waals surface area contributed by atoms with Crippen molar-refractivity contribution in [2.45, 2.75) is 38.5 Å². The number of hydrogen-bond acceptors (Lipinski definition) is 6. The third-order valence-corrected chi connectivity index (χ3v) is 4.68. The van der Waals surface area contributed by atoms with E-state index in [0.29, 0.717) is 0 Å². The molecule has 0 aromatic heterocycles. The fourth-order valence-electron chi connectivity index (χ4n) is 2.98. The van der Waals surface area contributed by atoms with Gasteiger partial charge in [0.25, 0.3) is 0 Å². The Morgan fingerprint density at radius 1 is 0.882 bits per heavy atom. The van der Waals surface area contributed by atoms with Gasteiger partial charge in [0.15, 0.2) is 0 Å². The number of benzene rings is 2. The second-order valence-corrected chi connectivity index (χ2v) is 7.30. The molecule has 2 aromatic carbocycles. The molecule has 180 valence electrons. The maximum atomic E-state index is 13.0. The van der Waals surface area contributed by atoms with Crippen LogP contribution in [0.2, 0.25) is 0 Å². The molecule has 0 saturated carbocycles. The molecule has 0 radical (unpaired) electrons. The summed E-state index contributed by atoms with van der Waals surface area (Å²) < 4.78 is 10.0. The molecule has 34 heavy (non-hydrogen) atoms. The Bertz CT molecular complexity index is 979. The van der Waals surface area contributed by atoms with E-state index in [1.165, 1.54) is 6.08 Å². The minimum Gasteiger partial charge on any atom is -0.463 e. The maximum Gasteiger partial charge on any atom is 0.408 e. The first-order chi connectivity index (χ1) is 16.4. The second-order valence-electron chi connectivity index (χ2n) is 7.30. The summed E-state index contributed by atoms with van der Waals surface area (Å²) in [7, 11) is 0. The molecule has 0 aliphatic carbocycles. The highest BCUT2D eigenvalue weighted by atomic mass is 16.5. The summed E-state index contributed by atoms with van der Waals surface area (Å²) in [5.41, 5.74) is 7.00. The van der Waals surface area contributed by atoms with Crippen molar-refractivity contribution in [3.8, 4) is 0 Å². The van der Waals surface area contributed by atoms with Gasteiger partial charge in [-0.05, 0) is 24.5 Å². The molecule has 0 fully saturated rings. The first-order valence-corrected chi connectivity index (χ1v) is 10.8. The van der Waals surface area contributed by atoms with Crippen molar-refractivity contribution in [1.82, 2.24) is 10.6 Å². The summed E-state index contributed by atoms with van der Waals surface area (Å²) >= 11 is 0. The van der Waals surface area contributed by atoms with E-state index in [1.54, 1.807) is 6.92 Å². The summed E-state index contributed by atoms with van der Waals surface area (Å²) in [6.45, 7) is 1.92. The normalized spacial score (nSPS) is 12.4. The highest BCUT2D eigenvalue weighted by Gasteiger charge is 2.26. The van der Waals surface area contributed by atoms with Gasteiger partial charge in [0.05, 0.1) is 6.61 Å². The van der Waals surface area contributed by atoms with E-state index >= 15 is 0 Å². The van der Waals surface area contributed by atoms with Gasteiger partial charge in [-0.2, -0.15) is 0 Å². The van der Waals surface area contributed by atoms with E-state index in [4.69, 9.17) is 15.2 Å². The zero-order chi connectivity index (χ0) is 24.8. The van der Waals surface area contributed by atoms with E-state index < -0.39 is 36.0 Å². The maximum absolute atomic E-state index is 13.0. The van der Waals surface area contributed by atoms with Crippen LogP contribution in [-0.2, 0) is 36.9 Å². The monoisotopic (exact) mass is 467 g/mol. The zero-order valence-corrected chi connectivity index (χ0v) is 18.9. The molecule has 0 aliphatic rings.